The summed E-state index contributed by atoms with van der Waals surface area (Å²) in [5, 5.41) is 10.9. The van der Waals surface area contributed by atoms with Gasteiger partial charge in [0, 0.05) is 20.0 Å². The van der Waals surface area contributed by atoms with E-state index < -0.39 is 21.9 Å². The Balaban J connectivity index is 3.71. The monoisotopic (exact) mass is 266 g/mol. The normalized spacial score (nSPS) is 11.5. The van der Waals surface area contributed by atoms with E-state index in [0.29, 0.717) is 19.4 Å². The van der Waals surface area contributed by atoms with Gasteiger partial charge in [-0.25, -0.2) is 8.42 Å². The van der Waals surface area contributed by atoms with Crippen LogP contribution in [0.15, 0.2) is 0 Å². The molecule has 0 atom stereocenters. The Labute approximate surface area is 101 Å². The van der Waals surface area contributed by atoms with E-state index in [1.165, 1.54) is 7.05 Å². The van der Waals surface area contributed by atoms with E-state index in [4.69, 9.17) is 5.11 Å². The number of carbonyl (C=O) groups excluding carboxylic acids is 1. The van der Waals surface area contributed by atoms with E-state index >= 15 is 0 Å². The number of rotatable bonds is 8. The van der Waals surface area contributed by atoms with Crippen molar-refractivity contribution in [1.82, 2.24) is 9.62 Å². The maximum atomic E-state index is 11.3. The molecule has 8 heteroatoms. The standard InChI is InChI=1S/C9H18N2O5S/c1-11(17(2,15)16)7-8(12)10-6-4-3-5-9(13)14/h3-7H2,1-2H3,(H,10,12)(H,13,14). The Kier molecular flexibility index (Phi) is 6.74. The largest absolute Gasteiger partial charge is 0.481 e. The van der Waals surface area contributed by atoms with Gasteiger partial charge in [0.1, 0.15) is 0 Å². The highest BCUT2D eigenvalue weighted by Gasteiger charge is 2.14. The molecule has 7 nitrogen and oxygen atoms in total. The molecule has 0 aliphatic carbocycles. The molecule has 0 aromatic carbocycles. The van der Waals surface area contributed by atoms with Crippen LogP contribution in [0.1, 0.15) is 19.3 Å². The average Bonchev–Trinajstić information content (AvgIpc) is 2.15. The Bertz CT molecular complexity index is 366. The van der Waals surface area contributed by atoms with E-state index in [0.717, 1.165) is 10.6 Å². The smallest absolute Gasteiger partial charge is 0.303 e. The molecule has 0 heterocycles. The molecule has 0 rings (SSSR count). The third-order valence-corrected chi connectivity index (χ3v) is 3.33. The first kappa shape index (κ1) is 15.9. The number of carboxylic acid groups (broad SMARTS) is 1. The van der Waals surface area contributed by atoms with Crippen LogP contribution in [0.5, 0.6) is 0 Å². The third-order valence-electron chi connectivity index (χ3n) is 2.07. The van der Waals surface area contributed by atoms with Crippen molar-refractivity contribution in [3.05, 3.63) is 0 Å². The molecule has 17 heavy (non-hydrogen) atoms. The number of carbonyl (C=O) groups is 2. The minimum Gasteiger partial charge on any atom is -0.481 e. The van der Waals surface area contributed by atoms with Gasteiger partial charge in [-0.1, -0.05) is 0 Å². The molecule has 0 unspecified atom stereocenters. The predicted molar refractivity (Wildman–Crippen MR) is 62.0 cm³/mol. The van der Waals surface area contributed by atoms with Gasteiger partial charge in [-0.2, -0.15) is 4.31 Å². The molecule has 0 aromatic rings. The SMILES string of the molecule is CN(CC(=O)NCCCCC(=O)O)S(C)(=O)=O. The summed E-state index contributed by atoms with van der Waals surface area (Å²) < 4.78 is 22.9. The Morgan fingerprint density at radius 1 is 1.29 bits per heavy atom. The molecule has 1 amide bonds. The minimum absolute atomic E-state index is 0.0686. The highest BCUT2D eigenvalue weighted by atomic mass is 32.2. The molecular weight excluding hydrogens is 248 g/mol. The van der Waals surface area contributed by atoms with Gasteiger partial charge in [-0.3, -0.25) is 9.59 Å². The molecule has 0 bridgehead atoms. The summed E-state index contributed by atoms with van der Waals surface area (Å²) in [6.07, 6.45) is 2.13. The van der Waals surface area contributed by atoms with Crippen molar-refractivity contribution in [2.75, 3.05) is 26.4 Å². The number of aliphatic carboxylic acids is 1. The maximum Gasteiger partial charge on any atom is 0.303 e. The number of hydrogen-bond acceptors (Lipinski definition) is 4. The lowest BCUT2D eigenvalue weighted by Crippen LogP contribution is -2.38. The van der Waals surface area contributed by atoms with Crippen LogP contribution in [0, 0.1) is 0 Å². The van der Waals surface area contributed by atoms with Gasteiger partial charge in [0.05, 0.1) is 12.8 Å². The fraction of sp³-hybridized carbons (Fsp3) is 0.778. The third kappa shape index (κ3) is 8.64. The van der Waals surface area contributed by atoms with Crippen LogP contribution in [-0.2, 0) is 19.6 Å². The van der Waals surface area contributed by atoms with Gasteiger partial charge in [0.2, 0.25) is 15.9 Å². The quantitative estimate of drug-likeness (QED) is 0.562. The van der Waals surface area contributed by atoms with Crippen molar-refractivity contribution in [2.24, 2.45) is 0 Å². The molecule has 0 fully saturated rings. The number of hydrogen-bond donors (Lipinski definition) is 2. The highest BCUT2D eigenvalue weighted by Crippen LogP contribution is 1.94. The molecule has 100 valence electrons. The molecule has 0 aliphatic heterocycles. The molecule has 0 aromatic heterocycles. The first-order chi connectivity index (χ1) is 7.73. The molecule has 0 aliphatic rings. The molecule has 0 saturated heterocycles. The van der Waals surface area contributed by atoms with E-state index in [1.807, 2.05) is 0 Å². The maximum absolute atomic E-state index is 11.3. The van der Waals surface area contributed by atoms with Crippen LogP contribution >= 0.6 is 0 Å². The van der Waals surface area contributed by atoms with E-state index in [2.05, 4.69) is 5.32 Å². The van der Waals surface area contributed by atoms with Crippen molar-refractivity contribution >= 4 is 21.9 Å². The van der Waals surface area contributed by atoms with Gasteiger partial charge in [0.25, 0.3) is 0 Å². The summed E-state index contributed by atoms with van der Waals surface area (Å²) >= 11 is 0. The lowest BCUT2D eigenvalue weighted by atomic mass is 10.2. The summed E-state index contributed by atoms with van der Waals surface area (Å²) in [6, 6.07) is 0. The Morgan fingerprint density at radius 3 is 2.35 bits per heavy atom. The molecule has 0 spiro atoms. The van der Waals surface area contributed by atoms with E-state index in [-0.39, 0.29) is 13.0 Å². The summed E-state index contributed by atoms with van der Waals surface area (Å²) in [7, 11) is -2.03. The van der Waals surface area contributed by atoms with Crippen molar-refractivity contribution in [2.45, 2.75) is 19.3 Å². The first-order valence-electron chi connectivity index (χ1n) is 5.13. The fourth-order valence-corrected chi connectivity index (χ4v) is 1.36. The van der Waals surface area contributed by atoms with E-state index in [1.54, 1.807) is 0 Å². The number of likely N-dealkylation sites (N-methyl/N-ethyl adjacent to an activating group) is 1. The van der Waals surface area contributed by atoms with Crippen LogP contribution in [0.3, 0.4) is 0 Å². The minimum atomic E-state index is -3.35. The summed E-state index contributed by atoms with van der Waals surface area (Å²) in [5.74, 6) is -1.26. The number of unbranched alkanes of at least 4 members (excludes halogenated alkanes) is 1. The molecule has 2 N–H and O–H groups in total. The second-order valence-electron chi connectivity index (χ2n) is 3.72. The second kappa shape index (κ2) is 7.23. The fourth-order valence-electron chi connectivity index (χ4n) is 1.00. The van der Waals surface area contributed by atoms with Gasteiger partial charge in [-0.05, 0) is 12.8 Å². The van der Waals surface area contributed by atoms with Crippen molar-refractivity contribution in [3.8, 4) is 0 Å². The van der Waals surface area contributed by atoms with Gasteiger partial charge < -0.3 is 10.4 Å². The highest BCUT2D eigenvalue weighted by molar-refractivity contribution is 7.88. The zero-order valence-corrected chi connectivity index (χ0v) is 10.8. The molecular formula is C9H18N2O5S. The number of nitrogens with zero attached hydrogens (tertiary/aromatic N) is 1. The topological polar surface area (TPSA) is 104 Å². The van der Waals surface area contributed by atoms with Crippen molar-refractivity contribution < 1.29 is 23.1 Å². The van der Waals surface area contributed by atoms with Gasteiger partial charge in [0.15, 0.2) is 0 Å². The lowest BCUT2D eigenvalue weighted by molar-refractivity contribution is -0.137. The van der Waals surface area contributed by atoms with Crippen LogP contribution in [0.25, 0.3) is 0 Å². The second-order valence-corrected chi connectivity index (χ2v) is 5.81. The zero-order valence-electron chi connectivity index (χ0n) is 9.97. The van der Waals surface area contributed by atoms with Crippen LogP contribution in [0.4, 0.5) is 0 Å². The summed E-state index contributed by atoms with van der Waals surface area (Å²) in [4.78, 5) is 21.5. The van der Waals surface area contributed by atoms with Crippen LogP contribution in [-0.4, -0.2) is 56.1 Å². The Morgan fingerprint density at radius 2 is 1.88 bits per heavy atom. The van der Waals surface area contributed by atoms with Crippen molar-refractivity contribution in [1.29, 1.82) is 0 Å². The molecule has 0 radical (unpaired) electrons. The number of carboxylic acids is 1. The first-order valence-corrected chi connectivity index (χ1v) is 6.98. The Hall–Kier alpha value is -1.15. The summed E-state index contributed by atoms with van der Waals surface area (Å²) in [5.41, 5.74) is 0. The number of sulfonamides is 1. The number of nitrogens with one attached hydrogen (secondary N) is 1. The van der Waals surface area contributed by atoms with Crippen LogP contribution < -0.4 is 5.32 Å². The van der Waals surface area contributed by atoms with E-state index in [9.17, 15) is 18.0 Å². The molecule has 0 saturated carbocycles. The zero-order chi connectivity index (χ0) is 13.5. The predicted octanol–water partition coefficient (Wildman–Crippen LogP) is -0.751. The summed E-state index contributed by atoms with van der Waals surface area (Å²) in [6.45, 7) is 0.126. The van der Waals surface area contributed by atoms with Crippen LogP contribution in [0.2, 0.25) is 0 Å². The lowest BCUT2D eigenvalue weighted by Gasteiger charge is -2.13. The van der Waals surface area contributed by atoms with Gasteiger partial charge in [-0.15, -0.1) is 0 Å². The number of amides is 1. The van der Waals surface area contributed by atoms with Crippen molar-refractivity contribution in [3.63, 3.8) is 0 Å². The average molecular weight is 266 g/mol. The van der Waals surface area contributed by atoms with Gasteiger partial charge >= 0.3 is 5.97 Å².